The summed E-state index contributed by atoms with van der Waals surface area (Å²) in [6.07, 6.45) is 0.926. The molecule has 1 aromatic rings. The van der Waals surface area contributed by atoms with Crippen LogP contribution >= 0.6 is 0 Å². The van der Waals surface area contributed by atoms with Crippen molar-refractivity contribution in [2.24, 2.45) is 5.92 Å². The SMILES string of the molecule is COC(=O)Cc1ccccc1CN1CCC(=O)C(C)C1. The average molecular weight is 275 g/mol. The topological polar surface area (TPSA) is 46.6 Å². The molecule has 0 aromatic heterocycles. The van der Waals surface area contributed by atoms with Crippen molar-refractivity contribution >= 4 is 11.8 Å². The Balaban J connectivity index is 2.05. The number of ketones is 1. The second-order valence-corrected chi connectivity index (χ2v) is 5.37. The summed E-state index contributed by atoms with van der Waals surface area (Å²) in [5, 5.41) is 0. The van der Waals surface area contributed by atoms with Crippen molar-refractivity contribution < 1.29 is 14.3 Å². The van der Waals surface area contributed by atoms with Gasteiger partial charge in [-0.25, -0.2) is 0 Å². The number of benzene rings is 1. The third kappa shape index (κ3) is 3.67. The first kappa shape index (κ1) is 14.7. The van der Waals surface area contributed by atoms with Crippen LogP contribution in [0.1, 0.15) is 24.5 Å². The van der Waals surface area contributed by atoms with Crippen molar-refractivity contribution in [2.75, 3.05) is 20.2 Å². The molecule has 1 unspecified atom stereocenters. The van der Waals surface area contributed by atoms with Gasteiger partial charge < -0.3 is 4.74 Å². The van der Waals surface area contributed by atoms with Crippen LogP contribution in [0.15, 0.2) is 24.3 Å². The van der Waals surface area contributed by atoms with Crippen LogP contribution in [0.5, 0.6) is 0 Å². The van der Waals surface area contributed by atoms with E-state index < -0.39 is 0 Å². The van der Waals surface area contributed by atoms with E-state index in [0.29, 0.717) is 18.6 Å². The summed E-state index contributed by atoms with van der Waals surface area (Å²) in [5.41, 5.74) is 2.14. The van der Waals surface area contributed by atoms with Crippen LogP contribution < -0.4 is 0 Å². The minimum absolute atomic E-state index is 0.108. The van der Waals surface area contributed by atoms with E-state index in [1.165, 1.54) is 7.11 Å². The predicted molar refractivity (Wildman–Crippen MR) is 76.2 cm³/mol. The number of piperidine rings is 1. The monoisotopic (exact) mass is 275 g/mol. The summed E-state index contributed by atoms with van der Waals surface area (Å²) in [6, 6.07) is 7.92. The van der Waals surface area contributed by atoms with Gasteiger partial charge in [0.15, 0.2) is 0 Å². The molecule has 2 rings (SSSR count). The summed E-state index contributed by atoms with van der Waals surface area (Å²) in [6.45, 7) is 4.36. The van der Waals surface area contributed by atoms with Gasteiger partial charge in [0.25, 0.3) is 0 Å². The van der Waals surface area contributed by atoms with Gasteiger partial charge >= 0.3 is 5.97 Å². The number of methoxy groups -OCH3 is 1. The Hall–Kier alpha value is -1.68. The van der Waals surface area contributed by atoms with Crippen LogP contribution in [-0.4, -0.2) is 36.9 Å². The first-order chi connectivity index (χ1) is 9.60. The Morgan fingerprint density at radius 1 is 1.35 bits per heavy atom. The Kier molecular flexibility index (Phi) is 4.90. The zero-order valence-electron chi connectivity index (χ0n) is 12.1. The van der Waals surface area contributed by atoms with Crippen LogP contribution in [0.25, 0.3) is 0 Å². The maximum atomic E-state index is 11.6. The van der Waals surface area contributed by atoms with Crippen molar-refractivity contribution in [2.45, 2.75) is 26.3 Å². The number of hydrogen-bond acceptors (Lipinski definition) is 4. The largest absolute Gasteiger partial charge is 0.469 e. The molecule has 0 spiro atoms. The third-order valence-corrected chi connectivity index (χ3v) is 3.83. The zero-order valence-corrected chi connectivity index (χ0v) is 12.1. The van der Waals surface area contributed by atoms with E-state index >= 15 is 0 Å². The molecule has 1 fully saturated rings. The number of esters is 1. The summed E-state index contributed by atoms with van der Waals surface area (Å²) in [5.74, 6) is 0.236. The highest BCUT2D eigenvalue weighted by atomic mass is 16.5. The van der Waals surface area contributed by atoms with E-state index in [1.807, 2.05) is 31.2 Å². The van der Waals surface area contributed by atoms with Gasteiger partial charge in [-0.2, -0.15) is 0 Å². The molecule has 1 atom stereocenters. The Labute approximate surface area is 119 Å². The molecule has 0 N–H and O–H groups in total. The van der Waals surface area contributed by atoms with Gasteiger partial charge in [-0.05, 0) is 11.1 Å². The lowest BCUT2D eigenvalue weighted by molar-refractivity contribution is -0.139. The molecular formula is C16H21NO3. The number of Topliss-reactive ketones (excluding diaryl/α,β-unsaturated/α-hetero) is 1. The second kappa shape index (κ2) is 6.66. The fraction of sp³-hybridized carbons (Fsp3) is 0.500. The van der Waals surface area contributed by atoms with Crippen LogP contribution in [0.4, 0.5) is 0 Å². The number of nitrogens with zero attached hydrogens (tertiary/aromatic N) is 1. The van der Waals surface area contributed by atoms with Crippen molar-refractivity contribution in [3.8, 4) is 0 Å². The van der Waals surface area contributed by atoms with Gasteiger partial charge in [0.1, 0.15) is 5.78 Å². The molecular weight excluding hydrogens is 254 g/mol. The van der Waals surface area contributed by atoms with Crippen molar-refractivity contribution in [1.29, 1.82) is 0 Å². The molecule has 1 aliphatic rings. The maximum absolute atomic E-state index is 11.6. The minimum Gasteiger partial charge on any atom is -0.469 e. The Morgan fingerprint density at radius 2 is 2.05 bits per heavy atom. The normalized spacial score (nSPS) is 19.9. The van der Waals surface area contributed by atoms with Crippen molar-refractivity contribution in [3.63, 3.8) is 0 Å². The van der Waals surface area contributed by atoms with E-state index in [0.717, 1.165) is 30.8 Å². The molecule has 108 valence electrons. The Bertz CT molecular complexity index is 498. The van der Waals surface area contributed by atoms with Gasteiger partial charge in [0.2, 0.25) is 0 Å². The lowest BCUT2D eigenvalue weighted by atomic mass is 9.97. The molecule has 4 nitrogen and oxygen atoms in total. The van der Waals surface area contributed by atoms with Gasteiger partial charge in [-0.3, -0.25) is 14.5 Å². The van der Waals surface area contributed by atoms with E-state index in [-0.39, 0.29) is 11.9 Å². The molecule has 0 amide bonds. The highest BCUT2D eigenvalue weighted by Crippen LogP contribution is 2.18. The number of ether oxygens (including phenoxy) is 1. The fourth-order valence-corrected chi connectivity index (χ4v) is 2.59. The van der Waals surface area contributed by atoms with Crippen molar-refractivity contribution in [3.05, 3.63) is 35.4 Å². The number of hydrogen-bond donors (Lipinski definition) is 0. The third-order valence-electron chi connectivity index (χ3n) is 3.83. The number of likely N-dealkylation sites (tertiary alicyclic amines) is 1. The molecule has 1 heterocycles. The Morgan fingerprint density at radius 3 is 2.70 bits per heavy atom. The molecule has 1 aliphatic heterocycles. The number of carbonyl (C=O) groups excluding carboxylic acids is 2. The van der Waals surface area contributed by atoms with Crippen LogP contribution in [0.3, 0.4) is 0 Å². The highest BCUT2D eigenvalue weighted by Gasteiger charge is 2.23. The maximum Gasteiger partial charge on any atom is 0.309 e. The van der Waals surface area contributed by atoms with E-state index in [2.05, 4.69) is 4.90 Å². The summed E-state index contributed by atoms with van der Waals surface area (Å²) < 4.78 is 4.73. The minimum atomic E-state index is -0.223. The smallest absolute Gasteiger partial charge is 0.309 e. The predicted octanol–water partition coefficient (Wildman–Crippen LogP) is 1.81. The summed E-state index contributed by atoms with van der Waals surface area (Å²) in [7, 11) is 1.41. The van der Waals surface area contributed by atoms with E-state index in [1.54, 1.807) is 0 Å². The van der Waals surface area contributed by atoms with Gasteiger partial charge in [-0.1, -0.05) is 31.2 Å². The molecule has 1 saturated heterocycles. The zero-order chi connectivity index (χ0) is 14.5. The molecule has 0 saturated carbocycles. The lowest BCUT2D eigenvalue weighted by Gasteiger charge is -2.30. The molecule has 1 aromatic carbocycles. The van der Waals surface area contributed by atoms with Gasteiger partial charge in [0.05, 0.1) is 13.5 Å². The molecule has 20 heavy (non-hydrogen) atoms. The van der Waals surface area contributed by atoms with Crippen LogP contribution in [0, 0.1) is 5.92 Å². The number of carbonyl (C=O) groups is 2. The van der Waals surface area contributed by atoms with Crippen molar-refractivity contribution in [1.82, 2.24) is 4.90 Å². The molecule has 0 aliphatic carbocycles. The molecule has 4 heteroatoms. The number of rotatable bonds is 4. The van der Waals surface area contributed by atoms with E-state index in [4.69, 9.17) is 4.74 Å². The lowest BCUT2D eigenvalue weighted by Crippen LogP contribution is -2.39. The van der Waals surface area contributed by atoms with Gasteiger partial charge in [0, 0.05) is 32.0 Å². The fourth-order valence-electron chi connectivity index (χ4n) is 2.59. The van der Waals surface area contributed by atoms with Crippen LogP contribution in [0.2, 0.25) is 0 Å². The van der Waals surface area contributed by atoms with Crippen LogP contribution in [-0.2, 0) is 27.3 Å². The summed E-state index contributed by atoms with van der Waals surface area (Å²) in [4.78, 5) is 25.3. The highest BCUT2D eigenvalue weighted by molar-refractivity contribution is 5.81. The summed E-state index contributed by atoms with van der Waals surface area (Å²) >= 11 is 0. The first-order valence-corrected chi connectivity index (χ1v) is 6.99. The average Bonchev–Trinajstić information content (AvgIpc) is 2.45. The first-order valence-electron chi connectivity index (χ1n) is 6.99. The standard InChI is InChI=1S/C16H21NO3/c1-12-10-17(8-7-15(12)18)11-14-6-4-3-5-13(14)9-16(19)20-2/h3-6,12H,7-11H2,1-2H3. The quantitative estimate of drug-likeness (QED) is 0.786. The van der Waals surface area contributed by atoms with Gasteiger partial charge in [-0.15, -0.1) is 0 Å². The van der Waals surface area contributed by atoms with E-state index in [9.17, 15) is 9.59 Å². The second-order valence-electron chi connectivity index (χ2n) is 5.37. The molecule has 0 radical (unpaired) electrons. The molecule has 0 bridgehead atoms.